The second-order valence-electron chi connectivity index (χ2n) is 6.76. The molecule has 4 aromatic rings. The summed E-state index contributed by atoms with van der Waals surface area (Å²) in [6.45, 7) is 4.11. The Morgan fingerprint density at radius 1 is 1.07 bits per heavy atom. The van der Waals surface area contributed by atoms with Gasteiger partial charge in [0.25, 0.3) is 0 Å². The number of rotatable bonds is 6. The van der Waals surface area contributed by atoms with Gasteiger partial charge in [0.05, 0.1) is 6.54 Å². The van der Waals surface area contributed by atoms with E-state index in [0.717, 1.165) is 46.6 Å². The molecule has 0 fully saturated rings. The molecule has 0 aliphatic heterocycles. The Labute approximate surface area is 163 Å². The second kappa shape index (κ2) is 8.17. The minimum absolute atomic E-state index is 0.213. The summed E-state index contributed by atoms with van der Waals surface area (Å²) < 4.78 is 13.5. The van der Waals surface area contributed by atoms with Crippen LogP contribution in [0.5, 0.6) is 0 Å². The van der Waals surface area contributed by atoms with Crippen LogP contribution in [0.1, 0.15) is 18.2 Å². The molecule has 0 aliphatic carbocycles. The number of nitrogens with zero attached hydrogens (tertiary/aromatic N) is 1. The lowest BCUT2D eigenvalue weighted by Gasteiger charge is -2.11. The number of para-hydroxylation sites is 1. The number of benzene rings is 2. The average molecular weight is 377 g/mol. The van der Waals surface area contributed by atoms with E-state index in [-0.39, 0.29) is 5.82 Å². The van der Waals surface area contributed by atoms with E-state index in [4.69, 9.17) is 0 Å². The SMILES string of the molecule is CCNC(=NCc1cc2ccccc2[nH]1)NCCc1c[nH]c2ccc(F)cc12. The fraction of sp³-hybridized carbons (Fsp3) is 0.227. The van der Waals surface area contributed by atoms with Gasteiger partial charge in [-0.05, 0) is 54.6 Å². The van der Waals surface area contributed by atoms with Crippen molar-refractivity contribution in [1.29, 1.82) is 0 Å². The highest BCUT2D eigenvalue weighted by molar-refractivity contribution is 5.84. The minimum Gasteiger partial charge on any atom is -0.361 e. The predicted octanol–water partition coefficient (Wildman–Crippen LogP) is 4.09. The molecule has 0 radical (unpaired) electrons. The largest absolute Gasteiger partial charge is 0.361 e. The van der Waals surface area contributed by atoms with Crippen LogP contribution in [0.25, 0.3) is 21.8 Å². The lowest BCUT2D eigenvalue weighted by Crippen LogP contribution is -2.38. The van der Waals surface area contributed by atoms with Gasteiger partial charge >= 0.3 is 0 Å². The van der Waals surface area contributed by atoms with Gasteiger partial charge in [-0.2, -0.15) is 0 Å². The molecule has 0 unspecified atom stereocenters. The van der Waals surface area contributed by atoms with Crippen LogP contribution in [0.3, 0.4) is 0 Å². The summed E-state index contributed by atoms with van der Waals surface area (Å²) in [5.74, 6) is 0.557. The first-order chi connectivity index (χ1) is 13.7. The van der Waals surface area contributed by atoms with Crippen molar-refractivity contribution in [3.8, 4) is 0 Å². The maximum absolute atomic E-state index is 13.5. The van der Waals surface area contributed by atoms with Crippen molar-refractivity contribution < 1.29 is 4.39 Å². The van der Waals surface area contributed by atoms with Gasteiger partial charge in [0, 0.05) is 41.4 Å². The van der Waals surface area contributed by atoms with E-state index in [9.17, 15) is 4.39 Å². The van der Waals surface area contributed by atoms with Crippen LogP contribution < -0.4 is 10.6 Å². The molecule has 0 atom stereocenters. The smallest absolute Gasteiger partial charge is 0.191 e. The van der Waals surface area contributed by atoms with Crippen molar-refractivity contribution in [2.75, 3.05) is 13.1 Å². The summed E-state index contributed by atoms with van der Waals surface area (Å²) in [7, 11) is 0. The van der Waals surface area contributed by atoms with Crippen molar-refractivity contribution in [2.24, 2.45) is 4.99 Å². The van der Waals surface area contributed by atoms with E-state index in [1.54, 1.807) is 12.1 Å². The monoisotopic (exact) mass is 377 g/mol. The maximum atomic E-state index is 13.5. The molecule has 4 rings (SSSR count). The first kappa shape index (κ1) is 18.1. The number of guanidine groups is 1. The first-order valence-electron chi connectivity index (χ1n) is 9.57. The van der Waals surface area contributed by atoms with E-state index in [2.05, 4.69) is 43.8 Å². The molecule has 0 spiro atoms. The zero-order valence-electron chi connectivity index (χ0n) is 15.8. The number of fused-ring (bicyclic) bond motifs is 2. The number of halogens is 1. The summed E-state index contributed by atoms with van der Waals surface area (Å²) >= 11 is 0. The summed E-state index contributed by atoms with van der Waals surface area (Å²) in [6, 6.07) is 15.2. The fourth-order valence-corrected chi connectivity index (χ4v) is 3.40. The quantitative estimate of drug-likeness (QED) is 0.302. The Balaban J connectivity index is 1.40. The lowest BCUT2D eigenvalue weighted by molar-refractivity contribution is 0.629. The Morgan fingerprint density at radius 3 is 2.82 bits per heavy atom. The summed E-state index contributed by atoms with van der Waals surface area (Å²) in [5, 5.41) is 8.75. The van der Waals surface area contributed by atoms with E-state index < -0.39 is 0 Å². The van der Waals surface area contributed by atoms with Crippen LogP contribution in [0.4, 0.5) is 4.39 Å². The highest BCUT2D eigenvalue weighted by Crippen LogP contribution is 2.19. The molecule has 0 amide bonds. The van der Waals surface area contributed by atoms with Gasteiger partial charge < -0.3 is 20.6 Å². The van der Waals surface area contributed by atoms with Crippen LogP contribution >= 0.6 is 0 Å². The minimum atomic E-state index is -0.213. The third-order valence-electron chi connectivity index (χ3n) is 4.75. The van der Waals surface area contributed by atoms with Crippen molar-refractivity contribution in [3.63, 3.8) is 0 Å². The first-order valence-corrected chi connectivity index (χ1v) is 9.57. The Kier molecular flexibility index (Phi) is 5.28. The topological polar surface area (TPSA) is 68.0 Å². The summed E-state index contributed by atoms with van der Waals surface area (Å²) in [6.07, 6.45) is 2.72. The predicted molar refractivity (Wildman–Crippen MR) is 113 cm³/mol. The van der Waals surface area contributed by atoms with Crippen molar-refractivity contribution in [2.45, 2.75) is 19.9 Å². The summed E-state index contributed by atoms with van der Waals surface area (Å²) in [4.78, 5) is 11.3. The van der Waals surface area contributed by atoms with Gasteiger partial charge in [-0.1, -0.05) is 18.2 Å². The number of aromatic amines is 2. The maximum Gasteiger partial charge on any atom is 0.191 e. The molecule has 2 aromatic carbocycles. The van der Waals surface area contributed by atoms with Gasteiger partial charge in [-0.3, -0.25) is 0 Å². The number of hydrogen-bond donors (Lipinski definition) is 4. The molecular formula is C22H24FN5. The molecule has 4 N–H and O–H groups in total. The number of H-pyrrole nitrogens is 2. The Morgan fingerprint density at radius 2 is 1.96 bits per heavy atom. The third kappa shape index (κ3) is 4.01. The molecule has 5 nitrogen and oxygen atoms in total. The van der Waals surface area contributed by atoms with Gasteiger partial charge in [0.15, 0.2) is 5.96 Å². The lowest BCUT2D eigenvalue weighted by atomic mass is 10.1. The van der Waals surface area contributed by atoms with Crippen molar-refractivity contribution >= 4 is 27.8 Å². The molecule has 144 valence electrons. The van der Waals surface area contributed by atoms with E-state index in [0.29, 0.717) is 13.1 Å². The van der Waals surface area contributed by atoms with Gasteiger partial charge in [0.1, 0.15) is 5.82 Å². The van der Waals surface area contributed by atoms with Gasteiger partial charge in [0.2, 0.25) is 0 Å². The van der Waals surface area contributed by atoms with Crippen LogP contribution in [-0.4, -0.2) is 29.0 Å². The molecule has 0 saturated heterocycles. The molecular weight excluding hydrogens is 353 g/mol. The molecule has 0 bridgehead atoms. The molecule has 0 aliphatic rings. The fourth-order valence-electron chi connectivity index (χ4n) is 3.40. The van der Waals surface area contributed by atoms with Crippen LogP contribution in [0.15, 0.2) is 59.7 Å². The molecule has 6 heteroatoms. The summed E-state index contributed by atoms with van der Waals surface area (Å²) in [5.41, 5.74) is 4.24. The number of aromatic nitrogens is 2. The zero-order valence-corrected chi connectivity index (χ0v) is 15.8. The van der Waals surface area contributed by atoms with Crippen LogP contribution in [0, 0.1) is 5.82 Å². The highest BCUT2D eigenvalue weighted by atomic mass is 19.1. The van der Waals surface area contributed by atoms with Gasteiger partial charge in [-0.15, -0.1) is 0 Å². The van der Waals surface area contributed by atoms with E-state index >= 15 is 0 Å². The number of hydrogen-bond acceptors (Lipinski definition) is 1. The normalized spacial score (nSPS) is 12.0. The second-order valence-corrected chi connectivity index (χ2v) is 6.76. The molecule has 28 heavy (non-hydrogen) atoms. The third-order valence-corrected chi connectivity index (χ3v) is 4.75. The molecule has 2 aromatic heterocycles. The Bertz CT molecular complexity index is 1080. The molecule has 2 heterocycles. The van der Waals surface area contributed by atoms with Crippen molar-refractivity contribution in [3.05, 3.63) is 71.8 Å². The highest BCUT2D eigenvalue weighted by Gasteiger charge is 2.06. The molecule has 0 saturated carbocycles. The Hall–Kier alpha value is -3.28. The average Bonchev–Trinajstić information content (AvgIpc) is 3.29. The zero-order chi connectivity index (χ0) is 19.3. The number of aliphatic imine (C=N–C) groups is 1. The van der Waals surface area contributed by atoms with Crippen LogP contribution in [-0.2, 0) is 13.0 Å². The number of nitrogens with one attached hydrogen (secondary N) is 4. The van der Waals surface area contributed by atoms with E-state index in [1.165, 1.54) is 11.5 Å². The van der Waals surface area contributed by atoms with E-state index in [1.807, 2.05) is 25.3 Å². The van der Waals surface area contributed by atoms with Crippen molar-refractivity contribution in [1.82, 2.24) is 20.6 Å². The van der Waals surface area contributed by atoms with Gasteiger partial charge in [-0.25, -0.2) is 9.38 Å². The standard InChI is InChI=1S/C22H24FN5/c1-2-24-22(27-14-18-11-15-5-3-4-6-20(15)28-18)25-10-9-16-13-26-21-8-7-17(23)12-19(16)21/h3-8,11-13,26,28H,2,9-10,14H2,1H3,(H2,24,25,27). The van der Waals surface area contributed by atoms with Crippen LogP contribution in [0.2, 0.25) is 0 Å².